The van der Waals surface area contributed by atoms with Crippen LogP contribution in [0.4, 0.5) is 18.9 Å². The van der Waals surface area contributed by atoms with Crippen LogP contribution in [0.3, 0.4) is 0 Å². The molecule has 0 spiro atoms. The van der Waals surface area contributed by atoms with Crippen molar-refractivity contribution >= 4 is 45.4 Å². The van der Waals surface area contributed by atoms with Gasteiger partial charge < -0.3 is 5.73 Å². The lowest BCUT2D eigenvalue weighted by molar-refractivity contribution is -0.140. The molecule has 0 amide bonds. The summed E-state index contributed by atoms with van der Waals surface area (Å²) >= 11 is 12.2. The van der Waals surface area contributed by atoms with Crippen LogP contribution in [0.2, 0.25) is 10.2 Å². The zero-order chi connectivity index (χ0) is 27.8. The molecular formula is C26H22Cl2F3N5OS. The molecule has 0 aliphatic carbocycles. The maximum atomic E-state index is 13.6. The van der Waals surface area contributed by atoms with E-state index >= 15 is 0 Å². The molecule has 4 rings (SSSR count). The molecule has 4 N–H and O–H groups in total. The van der Waals surface area contributed by atoms with E-state index in [1.54, 1.807) is 66.9 Å². The van der Waals surface area contributed by atoms with E-state index in [0.717, 1.165) is 5.56 Å². The summed E-state index contributed by atoms with van der Waals surface area (Å²) in [6.07, 6.45) is -1.93. The van der Waals surface area contributed by atoms with Gasteiger partial charge in [0, 0.05) is 38.7 Å². The van der Waals surface area contributed by atoms with Crippen molar-refractivity contribution in [2.45, 2.75) is 18.0 Å². The Hall–Kier alpha value is -3.31. The minimum absolute atomic E-state index is 0.0196. The third-order valence-electron chi connectivity index (χ3n) is 5.79. The summed E-state index contributed by atoms with van der Waals surface area (Å²) in [5.74, 6) is 6.47. The molecule has 0 fully saturated rings. The first kappa shape index (κ1) is 27.7. The molecule has 198 valence electrons. The highest BCUT2D eigenvalue weighted by Crippen LogP contribution is 2.39. The van der Waals surface area contributed by atoms with Gasteiger partial charge in [0.15, 0.2) is 5.69 Å². The second kappa shape index (κ2) is 10.8. The van der Waals surface area contributed by atoms with Crippen molar-refractivity contribution in [3.05, 3.63) is 100 Å². The van der Waals surface area contributed by atoms with E-state index in [4.69, 9.17) is 34.8 Å². The number of aromatic nitrogens is 2. The summed E-state index contributed by atoms with van der Waals surface area (Å²) in [6.45, 7) is 1.42. The van der Waals surface area contributed by atoms with Gasteiger partial charge in [-0.2, -0.15) is 13.2 Å². The zero-order valence-corrected chi connectivity index (χ0v) is 22.5. The number of alkyl halides is 3. The highest BCUT2D eigenvalue weighted by atomic mass is 35.5. The number of rotatable bonds is 6. The van der Waals surface area contributed by atoms with Crippen LogP contribution < -0.4 is 16.6 Å². The molecule has 1 atom stereocenters. The van der Waals surface area contributed by atoms with E-state index in [1.807, 2.05) is 6.07 Å². The molecule has 12 heteroatoms. The molecule has 38 heavy (non-hydrogen) atoms. The predicted molar refractivity (Wildman–Crippen MR) is 146 cm³/mol. The predicted octanol–water partition coefficient (Wildman–Crippen LogP) is 6.55. The number of nitrogens with two attached hydrogens (primary N) is 2. The fourth-order valence-electron chi connectivity index (χ4n) is 3.98. The minimum Gasteiger partial charge on any atom is -0.403 e. The summed E-state index contributed by atoms with van der Waals surface area (Å²) in [6, 6.07) is 18.8. The fraction of sp³-hybridized carbons (Fsp3) is 0.115. The van der Waals surface area contributed by atoms with Crippen molar-refractivity contribution in [2.24, 2.45) is 11.6 Å². The van der Waals surface area contributed by atoms with Gasteiger partial charge >= 0.3 is 6.18 Å². The molecule has 0 saturated carbocycles. The van der Waals surface area contributed by atoms with Crippen molar-refractivity contribution < 1.29 is 17.4 Å². The topological polar surface area (TPSA) is 90.2 Å². The zero-order valence-electron chi connectivity index (χ0n) is 20.1. The molecule has 6 nitrogen and oxygen atoms in total. The Morgan fingerprint density at radius 2 is 1.71 bits per heavy atom. The first-order valence-electron chi connectivity index (χ1n) is 11.1. The molecule has 0 aliphatic heterocycles. The number of hydrogen-bond donors (Lipinski definition) is 2. The number of hydrogen-bond acceptors (Lipinski definition) is 5. The molecule has 1 aromatic heterocycles. The second-order valence-corrected chi connectivity index (χ2v) is 10.4. The fourth-order valence-corrected chi connectivity index (χ4v) is 5.03. The van der Waals surface area contributed by atoms with Gasteiger partial charge in [0.05, 0.1) is 17.1 Å². The van der Waals surface area contributed by atoms with E-state index in [0.29, 0.717) is 26.7 Å². The van der Waals surface area contributed by atoms with E-state index in [9.17, 15) is 17.4 Å². The lowest BCUT2D eigenvalue weighted by atomic mass is 9.99. The summed E-state index contributed by atoms with van der Waals surface area (Å²) < 4.78 is 54.0. The molecule has 3 aromatic carbocycles. The van der Waals surface area contributed by atoms with Gasteiger partial charge in [-0.05, 0) is 66.6 Å². The van der Waals surface area contributed by atoms with Crippen LogP contribution in [0, 0.1) is 6.92 Å². The normalized spacial score (nSPS) is 13.0. The number of halogens is 5. The number of benzene rings is 3. The number of hydrazine groups is 1. The Balaban J connectivity index is 1.97. The van der Waals surface area contributed by atoms with Gasteiger partial charge in [-0.15, -0.1) is 0 Å². The molecule has 0 saturated heterocycles. The monoisotopic (exact) mass is 579 g/mol. The molecule has 4 aromatic rings. The number of imidazole rings is 1. The van der Waals surface area contributed by atoms with Crippen LogP contribution >= 0.6 is 23.2 Å². The van der Waals surface area contributed by atoms with E-state index in [1.165, 1.54) is 22.7 Å². The minimum atomic E-state index is -4.75. The van der Waals surface area contributed by atoms with Crippen molar-refractivity contribution in [1.29, 1.82) is 0 Å². The molecule has 0 bridgehead atoms. The Bertz CT molecular complexity index is 1550. The SMILES string of the molecule is Cc1nc(C(F)(F)F)c(Cl)n1-c1ccc(-c2cccc(S(C)=O)c2)cc1/C(=C/N)N(N)c1ccc(Cl)cc1. The van der Waals surface area contributed by atoms with Crippen LogP contribution in [0.15, 0.2) is 77.8 Å². The van der Waals surface area contributed by atoms with Gasteiger partial charge in [0.2, 0.25) is 0 Å². The lowest BCUT2D eigenvalue weighted by Gasteiger charge is -2.25. The summed E-state index contributed by atoms with van der Waals surface area (Å²) in [5.41, 5.74) is 7.70. The third kappa shape index (κ3) is 5.44. The van der Waals surface area contributed by atoms with Gasteiger partial charge in [-0.25, -0.2) is 10.8 Å². The molecule has 0 radical (unpaired) electrons. The number of aryl methyl sites for hydroxylation is 1. The highest BCUT2D eigenvalue weighted by Gasteiger charge is 2.38. The maximum absolute atomic E-state index is 13.6. The van der Waals surface area contributed by atoms with Crippen molar-refractivity contribution in [2.75, 3.05) is 11.3 Å². The molecular weight excluding hydrogens is 558 g/mol. The van der Waals surface area contributed by atoms with Crippen molar-refractivity contribution in [3.63, 3.8) is 0 Å². The average Bonchev–Trinajstić information content (AvgIpc) is 3.19. The van der Waals surface area contributed by atoms with Crippen LogP contribution in [0.5, 0.6) is 0 Å². The summed E-state index contributed by atoms with van der Waals surface area (Å²) in [5, 5.41) is 1.19. The molecule has 1 unspecified atom stereocenters. The highest BCUT2D eigenvalue weighted by molar-refractivity contribution is 7.84. The van der Waals surface area contributed by atoms with E-state index in [-0.39, 0.29) is 17.2 Å². The van der Waals surface area contributed by atoms with Crippen LogP contribution in [0.1, 0.15) is 17.1 Å². The van der Waals surface area contributed by atoms with Crippen molar-refractivity contribution in [3.8, 4) is 16.8 Å². The average molecular weight is 580 g/mol. The van der Waals surface area contributed by atoms with Gasteiger partial charge in [-0.1, -0.05) is 41.4 Å². The van der Waals surface area contributed by atoms with Gasteiger partial charge in [0.25, 0.3) is 0 Å². The quantitative estimate of drug-likeness (QED) is 0.200. The van der Waals surface area contributed by atoms with Crippen LogP contribution in [0.25, 0.3) is 22.5 Å². The first-order chi connectivity index (χ1) is 17.9. The summed E-state index contributed by atoms with van der Waals surface area (Å²) in [7, 11) is -1.22. The number of nitrogens with zero attached hydrogens (tertiary/aromatic N) is 3. The largest absolute Gasteiger partial charge is 0.436 e. The van der Waals surface area contributed by atoms with Gasteiger partial charge in [0.1, 0.15) is 11.0 Å². The van der Waals surface area contributed by atoms with Gasteiger partial charge in [-0.3, -0.25) is 13.8 Å². The van der Waals surface area contributed by atoms with Crippen molar-refractivity contribution in [1.82, 2.24) is 9.55 Å². The third-order valence-corrected chi connectivity index (χ3v) is 7.31. The Labute approximate surface area is 229 Å². The van der Waals surface area contributed by atoms with Crippen LogP contribution in [-0.4, -0.2) is 20.0 Å². The molecule has 0 aliphatic rings. The first-order valence-corrected chi connectivity index (χ1v) is 13.4. The Kier molecular flexibility index (Phi) is 7.89. The smallest absolute Gasteiger partial charge is 0.403 e. The second-order valence-electron chi connectivity index (χ2n) is 8.24. The standard InChI is InChI=1S/C26H22Cl2F3N5OS/c1-15-34-24(26(29,30)31)25(28)35(15)22-11-6-17(16-4-3-5-20(12-16)38(2)37)13-21(22)23(14-32)36(33)19-9-7-18(27)8-10-19/h3-14H,32-33H2,1-2H3/b23-14-. The van der Waals surface area contributed by atoms with E-state index < -0.39 is 27.8 Å². The Morgan fingerprint density at radius 3 is 2.29 bits per heavy atom. The Morgan fingerprint density at radius 1 is 1.05 bits per heavy atom. The van der Waals surface area contributed by atoms with E-state index in [2.05, 4.69) is 4.98 Å². The number of anilines is 1. The maximum Gasteiger partial charge on any atom is 0.436 e. The lowest BCUT2D eigenvalue weighted by Crippen LogP contribution is -2.30. The molecule has 1 heterocycles. The van der Waals surface area contributed by atoms with Crippen LogP contribution in [-0.2, 0) is 17.0 Å². The summed E-state index contributed by atoms with van der Waals surface area (Å²) in [4.78, 5) is 4.29.